The molecule has 0 saturated heterocycles. The fourth-order valence-corrected chi connectivity index (χ4v) is 1.54. The largest absolute Gasteiger partial charge is 0.480 e. The van der Waals surface area contributed by atoms with E-state index >= 15 is 0 Å². The molecule has 0 aromatic carbocycles. The van der Waals surface area contributed by atoms with E-state index in [4.69, 9.17) is 14.6 Å². The van der Waals surface area contributed by atoms with E-state index in [2.05, 4.69) is 16.9 Å². The molecule has 0 spiro atoms. The molecule has 1 rings (SSSR count). The number of aryl methyl sites for hydroxylation is 1. The molecule has 0 aliphatic heterocycles. The van der Waals surface area contributed by atoms with E-state index in [0.29, 0.717) is 5.69 Å². The molecule has 1 aromatic rings. The van der Waals surface area contributed by atoms with Crippen molar-refractivity contribution in [3.8, 4) is 5.88 Å². The number of nitrogens with one attached hydrogen (secondary N) is 1. The van der Waals surface area contributed by atoms with Crippen LogP contribution in [0.1, 0.15) is 16.1 Å². The van der Waals surface area contributed by atoms with Crippen molar-refractivity contribution in [1.82, 2.24) is 10.3 Å². The van der Waals surface area contributed by atoms with Gasteiger partial charge in [-0.15, -0.1) is 6.58 Å². The van der Waals surface area contributed by atoms with Gasteiger partial charge in [0.05, 0.1) is 20.3 Å². The lowest BCUT2D eigenvalue weighted by Gasteiger charge is -2.15. The first-order valence-corrected chi connectivity index (χ1v) is 6.23. The maximum Gasteiger partial charge on any atom is 0.328 e. The minimum absolute atomic E-state index is 0.142. The van der Waals surface area contributed by atoms with Gasteiger partial charge in [-0.1, -0.05) is 6.08 Å². The van der Waals surface area contributed by atoms with Gasteiger partial charge in [-0.3, -0.25) is 4.79 Å². The Bertz CT molecular complexity index is 530. The average Bonchev–Trinajstić information content (AvgIpc) is 2.45. The third-order valence-electron chi connectivity index (χ3n) is 2.56. The van der Waals surface area contributed by atoms with Crippen molar-refractivity contribution in [2.75, 3.05) is 20.3 Å². The van der Waals surface area contributed by atoms with Crippen molar-refractivity contribution in [2.24, 2.45) is 0 Å². The summed E-state index contributed by atoms with van der Waals surface area (Å²) in [5, 5.41) is 11.4. The summed E-state index contributed by atoms with van der Waals surface area (Å²) in [6.45, 7) is 5.26. The van der Waals surface area contributed by atoms with Gasteiger partial charge in [-0.05, 0) is 19.1 Å². The lowest BCUT2D eigenvalue weighted by atomic mass is 10.2. The van der Waals surface area contributed by atoms with Crippen molar-refractivity contribution in [3.63, 3.8) is 0 Å². The van der Waals surface area contributed by atoms with Gasteiger partial charge in [-0.2, -0.15) is 0 Å². The fourth-order valence-electron chi connectivity index (χ4n) is 1.54. The molecule has 0 aliphatic rings. The van der Waals surface area contributed by atoms with Crippen LogP contribution in [0.4, 0.5) is 0 Å². The van der Waals surface area contributed by atoms with Gasteiger partial charge < -0.3 is 19.9 Å². The van der Waals surface area contributed by atoms with Gasteiger partial charge in [0.15, 0.2) is 6.04 Å². The normalized spacial score (nSPS) is 11.5. The molecule has 1 unspecified atom stereocenters. The van der Waals surface area contributed by atoms with Crippen molar-refractivity contribution in [2.45, 2.75) is 13.0 Å². The number of carbonyl (C=O) groups excluding carboxylic acids is 1. The molecule has 0 bridgehead atoms. The van der Waals surface area contributed by atoms with Crippen LogP contribution < -0.4 is 10.1 Å². The number of rotatable bonds is 8. The Kier molecular flexibility index (Phi) is 6.35. The Morgan fingerprint density at radius 2 is 2.24 bits per heavy atom. The van der Waals surface area contributed by atoms with Gasteiger partial charge in [0, 0.05) is 5.69 Å². The Morgan fingerprint density at radius 3 is 2.81 bits per heavy atom. The number of pyridine rings is 1. The number of nitrogens with zero attached hydrogens (tertiary/aromatic N) is 1. The summed E-state index contributed by atoms with van der Waals surface area (Å²) in [4.78, 5) is 27.3. The highest BCUT2D eigenvalue weighted by Crippen LogP contribution is 2.15. The van der Waals surface area contributed by atoms with Gasteiger partial charge in [0.2, 0.25) is 5.88 Å². The number of carbonyl (C=O) groups is 2. The number of hydrogen-bond acceptors (Lipinski definition) is 5. The van der Waals surface area contributed by atoms with Gasteiger partial charge >= 0.3 is 5.97 Å². The molecule has 0 aliphatic carbocycles. The molecular weight excluding hydrogens is 276 g/mol. The van der Waals surface area contributed by atoms with E-state index in [1.807, 2.05) is 0 Å². The number of aromatic nitrogens is 1. The molecule has 1 aromatic heterocycles. The first-order chi connectivity index (χ1) is 9.99. The SMILES string of the molecule is C=CCOCC(NC(=O)c1ccc(C)nc1OC)C(=O)O. The van der Waals surface area contributed by atoms with Crippen molar-refractivity contribution >= 4 is 11.9 Å². The predicted molar refractivity (Wildman–Crippen MR) is 75.4 cm³/mol. The predicted octanol–water partition coefficient (Wildman–Crippen LogP) is 0.784. The molecule has 1 amide bonds. The molecule has 1 atom stereocenters. The van der Waals surface area contributed by atoms with Gasteiger partial charge in [0.25, 0.3) is 5.91 Å². The topological polar surface area (TPSA) is 97.8 Å². The Hall–Kier alpha value is -2.41. The summed E-state index contributed by atoms with van der Waals surface area (Å²) in [7, 11) is 1.39. The summed E-state index contributed by atoms with van der Waals surface area (Å²) >= 11 is 0. The quantitative estimate of drug-likeness (QED) is 0.543. The van der Waals surface area contributed by atoms with Gasteiger partial charge in [0.1, 0.15) is 5.56 Å². The van der Waals surface area contributed by atoms with E-state index in [0.717, 1.165) is 0 Å². The summed E-state index contributed by atoms with van der Waals surface area (Å²) in [5.41, 5.74) is 0.852. The lowest BCUT2D eigenvalue weighted by molar-refractivity contribution is -0.140. The number of methoxy groups -OCH3 is 1. The summed E-state index contributed by atoms with van der Waals surface area (Å²) in [6, 6.07) is 2.00. The van der Waals surface area contributed by atoms with Crippen molar-refractivity contribution in [3.05, 3.63) is 36.0 Å². The molecule has 0 saturated carbocycles. The first kappa shape index (κ1) is 16.6. The zero-order valence-corrected chi connectivity index (χ0v) is 12.0. The lowest BCUT2D eigenvalue weighted by Crippen LogP contribution is -2.44. The van der Waals surface area contributed by atoms with E-state index in [1.165, 1.54) is 19.3 Å². The zero-order valence-electron chi connectivity index (χ0n) is 12.0. The zero-order chi connectivity index (χ0) is 15.8. The van der Waals surface area contributed by atoms with Crippen LogP contribution in [0.15, 0.2) is 24.8 Å². The van der Waals surface area contributed by atoms with Crippen molar-refractivity contribution < 1.29 is 24.2 Å². The highest BCUT2D eigenvalue weighted by Gasteiger charge is 2.23. The van der Waals surface area contributed by atoms with Crippen molar-refractivity contribution in [1.29, 1.82) is 0 Å². The summed E-state index contributed by atoms with van der Waals surface area (Å²) < 4.78 is 10.1. The van der Waals surface area contributed by atoms with E-state index in [9.17, 15) is 9.59 Å². The van der Waals surface area contributed by atoms with Crippen LogP contribution in [0.5, 0.6) is 5.88 Å². The van der Waals surface area contributed by atoms with E-state index in [1.54, 1.807) is 13.0 Å². The molecular formula is C14H18N2O5. The maximum absolute atomic E-state index is 12.1. The van der Waals surface area contributed by atoms with Crippen LogP contribution >= 0.6 is 0 Å². The number of amides is 1. The minimum atomic E-state index is -1.19. The molecule has 0 fully saturated rings. The van der Waals surface area contributed by atoms with Gasteiger partial charge in [-0.25, -0.2) is 9.78 Å². The smallest absolute Gasteiger partial charge is 0.328 e. The molecule has 114 valence electrons. The molecule has 21 heavy (non-hydrogen) atoms. The first-order valence-electron chi connectivity index (χ1n) is 6.23. The molecule has 2 N–H and O–H groups in total. The van der Waals surface area contributed by atoms with E-state index < -0.39 is 17.9 Å². The second-order valence-electron chi connectivity index (χ2n) is 4.20. The number of ether oxygens (including phenoxy) is 2. The third-order valence-corrected chi connectivity index (χ3v) is 2.56. The molecule has 7 heteroatoms. The van der Waals surface area contributed by atoms with Crippen LogP contribution in [-0.2, 0) is 9.53 Å². The maximum atomic E-state index is 12.1. The van der Waals surface area contributed by atoms with Crippen LogP contribution in [0.3, 0.4) is 0 Å². The number of aliphatic carboxylic acids is 1. The number of carboxylic acid groups (broad SMARTS) is 1. The molecule has 7 nitrogen and oxygen atoms in total. The second-order valence-corrected chi connectivity index (χ2v) is 4.20. The van der Waals surface area contributed by atoms with Crippen LogP contribution in [0.2, 0.25) is 0 Å². The Labute approximate surface area is 122 Å². The minimum Gasteiger partial charge on any atom is -0.480 e. The van der Waals surface area contributed by atoms with E-state index in [-0.39, 0.29) is 24.7 Å². The summed E-state index contributed by atoms with van der Waals surface area (Å²) in [6.07, 6.45) is 1.49. The summed E-state index contributed by atoms with van der Waals surface area (Å²) in [5.74, 6) is -1.64. The Balaban J connectivity index is 2.81. The van der Waals surface area contributed by atoms with Crippen LogP contribution in [0.25, 0.3) is 0 Å². The fraction of sp³-hybridized carbons (Fsp3) is 0.357. The van der Waals surface area contributed by atoms with Crippen LogP contribution in [0, 0.1) is 6.92 Å². The number of hydrogen-bond donors (Lipinski definition) is 2. The number of carboxylic acids is 1. The molecule has 0 radical (unpaired) electrons. The Morgan fingerprint density at radius 1 is 1.52 bits per heavy atom. The third kappa shape index (κ3) is 4.88. The second kappa shape index (κ2) is 8.01. The van der Waals surface area contributed by atoms with Crippen LogP contribution in [-0.4, -0.2) is 48.3 Å². The standard InChI is InChI=1S/C14H18N2O5/c1-4-7-21-8-11(14(18)19)16-12(17)10-6-5-9(2)15-13(10)20-3/h4-6,11H,1,7-8H2,2-3H3,(H,16,17)(H,18,19). The average molecular weight is 294 g/mol. The molecule has 1 heterocycles. The highest BCUT2D eigenvalue weighted by molar-refractivity contribution is 5.98. The highest BCUT2D eigenvalue weighted by atomic mass is 16.5. The monoisotopic (exact) mass is 294 g/mol.